The molecule has 0 saturated heterocycles. The summed E-state index contributed by atoms with van der Waals surface area (Å²) < 4.78 is 5.52. The molecule has 2 heterocycles. The fourth-order valence-corrected chi connectivity index (χ4v) is 3.65. The van der Waals surface area contributed by atoms with E-state index in [-0.39, 0.29) is 5.56 Å². The number of thiocarbonyl (C=S) groups is 1. The number of aryl methyl sites for hydroxylation is 2. The summed E-state index contributed by atoms with van der Waals surface area (Å²) in [6, 6.07) is 19.7. The Hall–Kier alpha value is -3.38. The molecule has 0 bridgehead atoms. The molecule has 2 N–H and O–H groups in total. The Balaban J connectivity index is 1.63. The van der Waals surface area contributed by atoms with Crippen LogP contribution < -0.4 is 10.9 Å². The van der Waals surface area contributed by atoms with Gasteiger partial charge in [-0.25, -0.2) is 0 Å². The molecule has 5 nitrogen and oxygen atoms in total. The number of benzene rings is 2. The first kappa shape index (κ1) is 19.9. The van der Waals surface area contributed by atoms with Gasteiger partial charge in [-0.2, -0.15) is 0 Å². The van der Waals surface area contributed by atoms with E-state index in [1.807, 2.05) is 79.4 Å². The van der Waals surface area contributed by atoms with Crippen molar-refractivity contribution in [1.82, 2.24) is 9.88 Å². The number of furan rings is 1. The van der Waals surface area contributed by atoms with Crippen molar-refractivity contribution < 1.29 is 4.42 Å². The highest BCUT2D eigenvalue weighted by Gasteiger charge is 2.16. The number of nitrogens with zero attached hydrogens (tertiary/aromatic N) is 1. The lowest BCUT2D eigenvalue weighted by Crippen LogP contribution is -2.35. The molecule has 2 aromatic heterocycles. The van der Waals surface area contributed by atoms with Gasteiger partial charge in [-0.15, -0.1) is 0 Å². The fourth-order valence-electron chi connectivity index (χ4n) is 3.40. The number of rotatable bonds is 5. The van der Waals surface area contributed by atoms with Crippen molar-refractivity contribution in [3.63, 3.8) is 0 Å². The van der Waals surface area contributed by atoms with Crippen molar-refractivity contribution >= 4 is 33.9 Å². The lowest BCUT2D eigenvalue weighted by molar-refractivity contribution is 0.359. The third kappa shape index (κ3) is 4.60. The molecule has 30 heavy (non-hydrogen) atoms. The molecule has 0 amide bonds. The molecule has 2 aromatic carbocycles. The number of hydrogen-bond donors (Lipinski definition) is 2. The summed E-state index contributed by atoms with van der Waals surface area (Å²) in [5.74, 6) is 0.774. The molecule has 0 aliphatic rings. The van der Waals surface area contributed by atoms with Crippen molar-refractivity contribution in [2.75, 3.05) is 5.32 Å². The van der Waals surface area contributed by atoms with Gasteiger partial charge in [-0.3, -0.25) is 4.79 Å². The van der Waals surface area contributed by atoms with Gasteiger partial charge in [-0.05, 0) is 79.0 Å². The minimum absolute atomic E-state index is 0.115. The molecule has 0 aliphatic carbocycles. The van der Waals surface area contributed by atoms with Crippen molar-refractivity contribution in [2.45, 2.75) is 26.9 Å². The topological polar surface area (TPSA) is 61.3 Å². The van der Waals surface area contributed by atoms with Crippen LogP contribution in [0, 0.1) is 13.8 Å². The lowest BCUT2D eigenvalue weighted by Gasteiger charge is -2.25. The van der Waals surface area contributed by atoms with Crippen LogP contribution in [0.2, 0.25) is 0 Å². The lowest BCUT2D eigenvalue weighted by atomic mass is 10.1. The van der Waals surface area contributed by atoms with Crippen LogP contribution in [0.25, 0.3) is 10.9 Å². The number of hydrogen-bond acceptors (Lipinski definition) is 3. The van der Waals surface area contributed by atoms with Crippen molar-refractivity contribution in [1.29, 1.82) is 0 Å². The van der Waals surface area contributed by atoms with Crippen LogP contribution in [0.1, 0.15) is 22.5 Å². The van der Waals surface area contributed by atoms with E-state index in [1.165, 1.54) is 0 Å². The molecule has 0 spiro atoms. The van der Waals surface area contributed by atoms with Crippen LogP contribution >= 0.6 is 12.2 Å². The van der Waals surface area contributed by atoms with Gasteiger partial charge in [0.25, 0.3) is 5.56 Å². The van der Waals surface area contributed by atoms with Crippen LogP contribution in [0.4, 0.5) is 5.69 Å². The number of fused-ring (bicyclic) bond motifs is 1. The van der Waals surface area contributed by atoms with Crippen LogP contribution in [0.5, 0.6) is 0 Å². The second kappa shape index (κ2) is 8.55. The van der Waals surface area contributed by atoms with E-state index in [0.29, 0.717) is 23.8 Å². The zero-order valence-electron chi connectivity index (χ0n) is 16.9. The Kier molecular flexibility index (Phi) is 5.68. The number of anilines is 1. The third-order valence-electron chi connectivity index (χ3n) is 4.92. The summed E-state index contributed by atoms with van der Waals surface area (Å²) in [5.41, 5.74) is 4.52. The number of pyridine rings is 1. The van der Waals surface area contributed by atoms with Gasteiger partial charge in [0, 0.05) is 16.8 Å². The fraction of sp³-hybridized carbons (Fsp3) is 0.167. The van der Waals surface area contributed by atoms with E-state index in [0.717, 1.165) is 33.5 Å². The molecule has 0 aliphatic heterocycles. The molecular weight excluding hydrogens is 394 g/mol. The first-order valence-corrected chi connectivity index (χ1v) is 10.2. The van der Waals surface area contributed by atoms with E-state index in [4.69, 9.17) is 16.6 Å². The Morgan fingerprint density at radius 3 is 2.63 bits per heavy atom. The van der Waals surface area contributed by atoms with E-state index in [1.54, 1.807) is 6.26 Å². The Morgan fingerprint density at radius 1 is 1.03 bits per heavy atom. The number of nitrogens with one attached hydrogen (secondary N) is 2. The quantitative estimate of drug-likeness (QED) is 0.441. The first-order chi connectivity index (χ1) is 14.5. The maximum atomic E-state index is 12.7. The second-order valence-electron chi connectivity index (χ2n) is 7.45. The molecule has 0 atom stereocenters. The van der Waals surface area contributed by atoms with E-state index >= 15 is 0 Å². The van der Waals surface area contributed by atoms with Gasteiger partial charge < -0.3 is 19.6 Å². The number of aromatic nitrogens is 1. The highest BCUT2D eigenvalue weighted by atomic mass is 32.1. The maximum Gasteiger partial charge on any atom is 0.253 e. The summed E-state index contributed by atoms with van der Waals surface area (Å²) in [4.78, 5) is 17.7. The van der Waals surface area contributed by atoms with Crippen LogP contribution in [-0.2, 0) is 13.1 Å². The van der Waals surface area contributed by atoms with E-state index in [9.17, 15) is 4.79 Å². The normalized spacial score (nSPS) is 10.9. The van der Waals surface area contributed by atoms with E-state index < -0.39 is 0 Å². The zero-order chi connectivity index (χ0) is 21.1. The summed E-state index contributed by atoms with van der Waals surface area (Å²) >= 11 is 5.69. The summed E-state index contributed by atoms with van der Waals surface area (Å²) in [5, 5.41) is 4.80. The van der Waals surface area contributed by atoms with E-state index in [2.05, 4.69) is 10.3 Å². The van der Waals surface area contributed by atoms with Crippen LogP contribution in [0.15, 0.2) is 76.1 Å². The first-order valence-electron chi connectivity index (χ1n) is 9.75. The smallest absolute Gasteiger partial charge is 0.253 e. The largest absolute Gasteiger partial charge is 0.467 e. The standard InChI is InChI=1S/C24H23N3O2S/c1-16-5-3-6-20(11-16)25-24(30)27(15-21-7-4-10-29-21)14-19-13-18-9-8-17(2)12-22(18)26-23(19)28/h3-13H,14-15H2,1-2H3,(H,25,30)(H,26,28). The average molecular weight is 418 g/mol. The van der Waals surface area contributed by atoms with Crippen molar-refractivity contribution in [3.8, 4) is 0 Å². The summed E-state index contributed by atoms with van der Waals surface area (Å²) in [7, 11) is 0. The van der Waals surface area contributed by atoms with Crippen molar-refractivity contribution in [3.05, 3.63) is 99.7 Å². The average Bonchev–Trinajstić information content (AvgIpc) is 3.21. The van der Waals surface area contributed by atoms with Gasteiger partial charge >= 0.3 is 0 Å². The molecule has 0 fully saturated rings. The Morgan fingerprint density at radius 2 is 1.87 bits per heavy atom. The van der Waals surface area contributed by atoms with Gasteiger partial charge in [0.05, 0.1) is 19.4 Å². The highest BCUT2D eigenvalue weighted by molar-refractivity contribution is 7.80. The molecule has 0 saturated carbocycles. The van der Waals surface area contributed by atoms with Crippen molar-refractivity contribution in [2.24, 2.45) is 0 Å². The second-order valence-corrected chi connectivity index (χ2v) is 7.84. The van der Waals surface area contributed by atoms with Gasteiger partial charge in [-0.1, -0.05) is 24.3 Å². The number of aromatic amines is 1. The molecule has 4 aromatic rings. The Bertz CT molecular complexity index is 1250. The van der Waals surface area contributed by atoms with Crippen LogP contribution in [0.3, 0.4) is 0 Å². The van der Waals surface area contributed by atoms with Gasteiger partial charge in [0.15, 0.2) is 5.11 Å². The molecule has 0 radical (unpaired) electrons. The summed E-state index contributed by atoms with van der Waals surface area (Å²) in [6.45, 7) is 4.85. The molecule has 152 valence electrons. The minimum atomic E-state index is -0.115. The van der Waals surface area contributed by atoms with Gasteiger partial charge in [0.2, 0.25) is 0 Å². The minimum Gasteiger partial charge on any atom is -0.467 e. The van der Waals surface area contributed by atoms with Crippen LogP contribution in [-0.4, -0.2) is 15.0 Å². The maximum absolute atomic E-state index is 12.7. The SMILES string of the molecule is Cc1cccc(NC(=S)N(Cc2ccco2)Cc2cc3ccc(C)cc3[nH]c2=O)c1. The third-order valence-corrected chi connectivity index (χ3v) is 5.28. The monoisotopic (exact) mass is 417 g/mol. The summed E-state index contributed by atoms with van der Waals surface area (Å²) in [6.07, 6.45) is 1.63. The van der Waals surface area contributed by atoms with Gasteiger partial charge in [0.1, 0.15) is 5.76 Å². The molecular formula is C24H23N3O2S. The Labute approximate surface area is 180 Å². The zero-order valence-corrected chi connectivity index (χ0v) is 17.8. The highest BCUT2D eigenvalue weighted by Crippen LogP contribution is 2.17. The molecule has 4 rings (SSSR count). The predicted octanol–water partition coefficient (Wildman–Crippen LogP) is 5.14. The number of H-pyrrole nitrogens is 1. The molecule has 0 unspecified atom stereocenters. The predicted molar refractivity (Wildman–Crippen MR) is 125 cm³/mol. The molecule has 6 heteroatoms.